The van der Waals surface area contributed by atoms with Gasteiger partial charge in [-0.15, -0.1) is 0 Å². The lowest BCUT2D eigenvalue weighted by molar-refractivity contribution is 0.103. The van der Waals surface area contributed by atoms with Crippen LogP contribution in [0.15, 0.2) is 28.3 Å². The fourth-order valence-corrected chi connectivity index (χ4v) is 2.83. The Bertz CT molecular complexity index is 684. The molecule has 1 aliphatic carbocycles. The van der Waals surface area contributed by atoms with E-state index in [9.17, 15) is 4.79 Å². The normalized spacial score (nSPS) is 19.8. The van der Waals surface area contributed by atoms with E-state index in [-0.39, 0.29) is 5.78 Å². The number of anilines is 1. The predicted octanol–water partition coefficient (Wildman–Crippen LogP) is 3.82. The van der Waals surface area contributed by atoms with Gasteiger partial charge in [0.2, 0.25) is 0 Å². The lowest BCUT2D eigenvalue weighted by Gasteiger charge is -2.35. The molecule has 1 aromatic rings. The number of hydrogen-bond donors (Lipinski definition) is 1. The van der Waals surface area contributed by atoms with Gasteiger partial charge in [0.05, 0.1) is 16.4 Å². The van der Waals surface area contributed by atoms with Gasteiger partial charge in [0, 0.05) is 16.7 Å². The van der Waals surface area contributed by atoms with Crippen molar-refractivity contribution in [2.75, 3.05) is 5.32 Å². The summed E-state index contributed by atoms with van der Waals surface area (Å²) in [6, 6.07) is 3.56. The second kappa shape index (κ2) is 3.70. The second-order valence-corrected chi connectivity index (χ2v) is 5.98. The Hall–Kier alpha value is -1.61. The van der Waals surface area contributed by atoms with Gasteiger partial charge in [-0.3, -0.25) is 9.79 Å². The van der Waals surface area contributed by atoms with Crippen molar-refractivity contribution in [2.24, 2.45) is 4.99 Å². The first-order chi connectivity index (χ1) is 8.82. The van der Waals surface area contributed by atoms with Crippen LogP contribution < -0.4 is 5.32 Å². The first-order valence-corrected chi connectivity index (χ1v) is 6.63. The molecule has 0 saturated carbocycles. The minimum Gasteiger partial charge on any atom is -0.360 e. The molecule has 0 saturated heterocycles. The predicted molar refractivity (Wildman–Crippen MR) is 78.4 cm³/mol. The van der Waals surface area contributed by atoms with Crippen LogP contribution in [0.25, 0.3) is 0 Å². The maximum absolute atomic E-state index is 12.4. The zero-order valence-electron chi connectivity index (χ0n) is 11.4. The number of halogens is 1. The molecule has 0 amide bonds. The number of rotatable bonds is 0. The summed E-state index contributed by atoms with van der Waals surface area (Å²) >= 11 is 6.27. The van der Waals surface area contributed by atoms with Gasteiger partial charge in [-0.2, -0.15) is 0 Å². The molecule has 1 aromatic carbocycles. The van der Waals surface area contributed by atoms with E-state index in [1.807, 2.05) is 27.7 Å². The Balaban J connectivity index is 2.42. The summed E-state index contributed by atoms with van der Waals surface area (Å²) in [5, 5.41) is 3.93. The molecule has 2 aliphatic rings. The van der Waals surface area contributed by atoms with Crippen molar-refractivity contribution in [3.05, 3.63) is 39.4 Å². The van der Waals surface area contributed by atoms with Gasteiger partial charge in [-0.25, -0.2) is 0 Å². The van der Waals surface area contributed by atoms with E-state index in [4.69, 9.17) is 16.6 Å². The summed E-state index contributed by atoms with van der Waals surface area (Å²) in [6.45, 7) is 7.78. The molecule has 0 fully saturated rings. The van der Waals surface area contributed by atoms with Gasteiger partial charge in [-0.05, 0) is 45.4 Å². The number of Topliss-reactive ketones (excluding diaryl/α,β-unsaturated/α-hetero) is 1. The first kappa shape index (κ1) is 12.4. The number of benzene rings is 1. The molecule has 0 atom stereocenters. The number of nitrogens with one attached hydrogen (secondary N) is 1. The molecule has 1 aliphatic heterocycles. The van der Waals surface area contributed by atoms with Crippen LogP contribution >= 0.6 is 11.6 Å². The smallest absolute Gasteiger partial charge is 0.189 e. The van der Waals surface area contributed by atoms with Crippen LogP contribution in [0.2, 0.25) is 5.02 Å². The second-order valence-electron chi connectivity index (χ2n) is 5.57. The number of hydrogen-bond acceptors (Lipinski definition) is 3. The van der Waals surface area contributed by atoms with Crippen molar-refractivity contribution < 1.29 is 4.79 Å². The van der Waals surface area contributed by atoms with E-state index in [1.54, 1.807) is 12.1 Å². The van der Waals surface area contributed by atoms with E-state index in [0.29, 0.717) is 10.6 Å². The van der Waals surface area contributed by atoms with Gasteiger partial charge >= 0.3 is 0 Å². The van der Waals surface area contributed by atoms with Crippen LogP contribution in [-0.4, -0.2) is 17.2 Å². The molecule has 3 rings (SSSR count). The van der Waals surface area contributed by atoms with E-state index in [1.165, 1.54) is 0 Å². The van der Waals surface area contributed by atoms with Gasteiger partial charge in [0.15, 0.2) is 5.78 Å². The number of ketones is 1. The van der Waals surface area contributed by atoms with E-state index in [0.717, 1.165) is 28.1 Å². The highest BCUT2D eigenvalue weighted by atomic mass is 35.5. The molecule has 19 heavy (non-hydrogen) atoms. The van der Waals surface area contributed by atoms with Crippen molar-refractivity contribution >= 4 is 28.8 Å². The summed E-state index contributed by atoms with van der Waals surface area (Å²) in [5.74, 6) is 0.0610. The zero-order chi connectivity index (χ0) is 13.9. The van der Waals surface area contributed by atoms with Crippen molar-refractivity contribution in [1.29, 1.82) is 0 Å². The molecular formula is C15H15ClN2O. The van der Waals surface area contributed by atoms with Crippen LogP contribution in [0.3, 0.4) is 0 Å². The summed E-state index contributed by atoms with van der Waals surface area (Å²) in [4.78, 5) is 17.1. The molecule has 1 N–H and O–H groups in total. The number of allylic oxidation sites excluding steroid dienone is 2. The van der Waals surface area contributed by atoms with Crippen LogP contribution in [0.5, 0.6) is 0 Å². The molecular weight excluding hydrogens is 260 g/mol. The summed E-state index contributed by atoms with van der Waals surface area (Å²) in [6.07, 6.45) is 0. The van der Waals surface area contributed by atoms with Crippen molar-refractivity contribution in [3.8, 4) is 0 Å². The highest BCUT2D eigenvalue weighted by Gasteiger charge is 2.35. The van der Waals surface area contributed by atoms with Crippen LogP contribution in [0, 0.1) is 0 Å². The quantitative estimate of drug-likeness (QED) is 0.781. The van der Waals surface area contributed by atoms with Gasteiger partial charge in [0.25, 0.3) is 0 Å². The first-order valence-electron chi connectivity index (χ1n) is 6.25. The van der Waals surface area contributed by atoms with Crippen molar-refractivity contribution in [3.63, 3.8) is 0 Å². The lowest BCUT2D eigenvalue weighted by atomic mass is 9.82. The van der Waals surface area contributed by atoms with Crippen LogP contribution in [0.4, 0.5) is 5.69 Å². The number of carbonyl (C=O) groups excluding carboxylic acids is 1. The Labute approximate surface area is 117 Å². The van der Waals surface area contributed by atoms with Crippen molar-refractivity contribution in [2.45, 2.75) is 33.4 Å². The maximum Gasteiger partial charge on any atom is 0.189 e. The minimum atomic E-state index is -0.424. The topological polar surface area (TPSA) is 41.5 Å². The fraction of sp³-hybridized carbons (Fsp3) is 0.333. The summed E-state index contributed by atoms with van der Waals surface area (Å²) < 4.78 is 0. The Morgan fingerprint density at radius 2 is 1.89 bits per heavy atom. The summed E-state index contributed by atoms with van der Waals surface area (Å²) in [5.41, 5.74) is 4.51. The Morgan fingerprint density at radius 1 is 1.21 bits per heavy atom. The number of carbonyl (C=O) groups is 1. The largest absolute Gasteiger partial charge is 0.360 e. The average Bonchev–Trinajstić information content (AvgIpc) is 2.34. The van der Waals surface area contributed by atoms with E-state index < -0.39 is 5.66 Å². The van der Waals surface area contributed by atoms with E-state index in [2.05, 4.69) is 5.32 Å². The van der Waals surface area contributed by atoms with Crippen molar-refractivity contribution in [1.82, 2.24) is 0 Å². The molecule has 4 heteroatoms. The molecule has 3 nitrogen and oxygen atoms in total. The molecule has 1 heterocycles. The number of nitrogens with zero attached hydrogens (tertiary/aromatic N) is 1. The maximum atomic E-state index is 12.4. The third kappa shape index (κ3) is 1.65. The average molecular weight is 275 g/mol. The standard InChI is InChI=1S/C15H15ClN2O/c1-7-8(2)14(19)9-5-6-10(16)13-11(9)12(7)17-15(3,4)18-13/h5-6,18H,1-4H3. The molecule has 0 radical (unpaired) electrons. The van der Waals surface area contributed by atoms with Gasteiger partial charge in [-0.1, -0.05) is 11.6 Å². The highest BCUT2D eigenvalue weighted by Crippen LogP contribution is 2.40. The molecule has 0 unspecified atom stereocenters. The molecule has 98 valence electrons. The molecule has 0 spiro atoms. The fourth-order valence-electron chi connectivity index (χ4n) is 2.63. The Kier molecular flexibility index (Phi) is 2.42. The van der Waals surface area contributed by atoms with Gasteiger partial charge < -0.3 is 5.32 Å². The Morgan fingerprint density at radius 3 is 2.58 bits per heavy atom. The highest BCUT2D eigenvalue weighted by molar-refractivity contribution is 6.37. The number of aliphatic imine (C=N–C) groups is 1. The molecule has 0 bridgehead atoms. The monoisotopic (exact) mass is 274 g/mol. The molecule has 0 aromatic heterocycles. The lowest BCUT2D eigenvalue weighted by Crippen LogP contribution is -2.37. The SMILES string of the molecule is CC1=C(C)C2=NC(C)(C)Nc3c(Cl)ccc(c32)C1=O. The summed E-state index contributed by atoms with van der Waals surface area (Å²) in [7, 11) is 0. The zero-order valence-corrected chi connectivity index (χ0v) is 12.1. The van der Waals surface area contributed by atoms with E-state index >= 15 is 0 Å². The van der Waals surface area contributed by atoms with Crippen LogP contribution in [0.1, 0.15) is 43.6 Å². The van der Waals surface area contributed by atoms with Gasteiger partial charge in [0.1, 0.15) is 5.66 Å². The third-order valence-corrected chi connectivity index (χ3v) is 4.03. The minimum absolute atomic E-state index is 0.0610. The van der Waals surface area contributed by atoms with Crippen LogP contribution in [-0.2, 0) is 0 Å². The third-order valence-electron chi connectivity index (χ3n) is 3.72.